The molecule has 1 atom stereocenters. The number of benzene rings is 1. The van der Waals surface area contributed by atoms with Crippen molar-refractivity contribution in [3.8, 4) is 11.8 Å². The van der Waals surface area contributed by atoms with Gasteiger partial charge >= 0.3 is 0 Å². The molecular weight excluding hydrogens is 356 g/mol. The minimum absolute atomic E-state index is 0.0171. The van der Waals surface area contributed by atoms with Crippen molar-refractivity contribution in [3.05, 3.63) is 53.6 Å². The third-order valence-electron chi connectivity index (χ3n) is 4.57. The average Bonchev–Trinajstić information content (AvgIpc) is 3.15. The van der Waals surface area contributed by atoms with Crippen LogP contribution < -0.4 is 10.1 Å². The Kier molecular flexibility index (Phi) is 4.64. The van der Waals surface area contributed by atoms with Crippen LogP contribution in [-0.4, -0.2) is 35.6 Å². The minimum atomic E-state index is -0.0171. The van der Waals surface area contributed by atoms with Crippen LogP contribution in [0.4, 0.5) is 5.69 Å². The monoisotopic (exact) mass is 374 g/mol. The van der Waals surface area contributed by atoms with Crippen LogP contribution in [0.15, 0.2) is 41.7 Å². The molecule has 0 amide bonds. The number of nitrogens with zero attached hydrogens (tertiary/aromatic N) is 4. The molecular formula is C20H18N6O2. The lowest BCUT2D eigenvalue weighted by atomic mass is 10.0. The quantitative estimate of drug-likeness (QED) is 0.523. The normalized spacial score (nSPS) is 16.0. The van der Waals surface area contributed by atoms with E-state index in [4.69, 9.17) is 14.7 Å². The fourth-order valence-corrected chi connectivity index (χ4v) is 3.24. The van der Waals surface area contributed by atoms with Gasteiger partial charge in [-0.25, -0.2) is 0 Å². The molecule has 0 saturated heterocycles. The zero-order chi connectivity index (χ0) is 19.5. The highest BCUT2D eigenvalue weighted by Crippen LogP contribution is 2.34. The van der Waals surface area contributed by atoms with Crippen molar-refractivity contribution < 1.29 is 9.47 Å². The van der Waals surface area contributed by atoms with Gasteiger partial charge in [0.05, 0.1) is 37.0 Å². The summed E-state index contributed by atoms with van der Waals surface area (Å²) in [5, 5.41) is 20.8. The smallest absolute Gasteiger partial charge is 0.165 e. The number of nitriles is 1. The molecule has 8 heteroatoms. The number of anilines is 1. The molecule has 0 unspecified atom stereocenters. The van der Waals surface area contributed by atoms with Crippen molar-refractivity contribution in [2.75, 3.05) is 19.0 Å². The fraction of sp³-hybridized carbons (Fsp3) is 0.200. The molecule has 1 aliphatic rings. The molecule has 3 heterocycles. The summed E-state index contributed by atoms with van der Waals surface area (Å²) in [7, 11) is 1.57. The van der Waals surface area contributed by atoms with Gasteiger partial charge in [-0.1, -0.05) is 0 Å². The first-order valence-electron chi connectivity index (χ1n) is 8.71. The number of fused-ring (bicyclic) bond motifs is 2. The first-order chi connectivity index (χ1) is 13.7. The number of nitrogens with one attached hydrogen (secondary N) is 2. The summed E-state index contributed by atoms with van der Waals surface area (Å²) >= 11 is 0. The van der Waals surface area contributed by atoms with Crippen molar-refractivity contribution in [2.45, 2.75) is 12.5 Å². The number of hydrogen-bond acceptors (Lipinski definition) is 7. The zero-order valence-electron chi connectivity index (χ0n) is 15.3. The average molecular weight is 374 g/mol. The lowest BCUT2D eigenvalue weighted by Crippen LogP contribution is -2.21. The Morgan fingerprint density at radius 1 is 1.50 bits per heavy atom. The lowest BCUT2D eigenvalue weighted by molar-refractivity contribution is 0.270. The van der Waals surface area contributed by atoms with E-state index in [1.807, 2.05) is 18.2 Å². The molecule has 28 heavy (non-hydrogen) atoms. The van der Waals surface area contributed by atoms with Gasteiger partial charge in [-0.05, 0) is 24.9 Å². The lowest BCUT2D eigenvalue weighted by Gasteiger charge is -2.26. The summed E-state index contributed by atoms with van der Waals surface area (Å²) in [6.45, 7) is 4.03. The van der Waals surface area contributed by atoms with Crippen LogP contribution in [0.25, 0.3) is 16.7 Å². The summed E-state index contributed by atoms with van der Waals surface area (Å²) in [4.78, 5) is 8.20. The topological polar surface area (TPSA) is 108 Å². The minimum Gasteiger partial charge on any atom is -0.493 e. The number of hydrogen-bond donors (Lipinski definition) is 2. The second-order valence-corrected chi connectivity index (χ2v) is 6.27. The molecule has 8 nitrogen and oxygen atoms in total. The van der Waals surface area contributed by atoms with E-state index in [1.54, 1.807) is 19.4 Å². The van der Waals surface area contributed by atoms with Crippen molar-refractivity contribution in [1.82, 2.24) is 15.2 Å². The Hall–Kier alpha value is -3.86. The maximum absolute atomic E-state index is 9.05. The Balaban J connectivity index is 1.67. The van der Waals surface area contributed by atoms with Gasteiger partial charge in [0.15, 0.2) is 5.76 Å². The highest BCUT2D eigenvalue weighted by atomic mass is 16.5. The number of pyridine rings is 1. The van der Waals surface area contributed by atoms with Gasteiger partial charge in [0.2, 0.25) is 0 Å². The number of aromatic nitrogens is 3. The van der Waals surface area contributed by atoms with Crippen molar-refractivity contribution in [2.24, 2.45) is 4.99 Å². The Bertz CT molecular complexity index is 1110. The molecule has 0 aliphatic carbocycles. The predicted molar refractivity (Wildman–Crippen MR) is 106 cm³/mol. The summed E-state index contributed by atoms with van der Waals surface area (Å²) in [5.74, 6) is 1.18. The first-order valence-corrected chi connectivity index (χ1v) is 8.71. The van der Waals surface area contributed by atoms with Gasteiger partial charge in [-0.3, -0.25) is 15.1 Å². The van der Waals surface area contributed by atoms with Crippen LogP contribution >= 0.6 is 0 Å². The number of ether oxygens (including phenoxy) is 2. The maximum atomic E-state index is 9.05. The van der Waals surface area contributed by atoms with Gasteiger partial charge in [-0.15, -0.1) is 0 Å². The number of H-pyrrole nitrogens is 1. The highest BCUT2D eigenvalue weighted by Gasteiger charge is 2.24. The number of rotatable bonds is 5. The summed E-state index contributed by atoms with van der Waals surface area (Å²) in [6, 6.07) is 9.73. The Morgan fingerprint density at radius 2 is 2.39 bits per heavy atom. The molecule has 0 bridgehead atoms. The van der Waals surface area contributed by atoms with Crippen LogP contribution in [0.2, 0.25) is 0 Å². The van der Waals surface area contributed by atoms with Crippen LogP contribution in [0.5, 0.6) is 5.75 Å². The predicted octanol–water partition coefficient (Wildman–Crippen LogP) is 3.41. The van der Waals surface area contributed by atoms with Crippen molar-refractivity contribution in [1.29, 1.82) is 5.26 Å². The summed E-state index contributed by atoms with van der Waals surface area (Å²) in [5.41, 5.74) is 3.75. The molecule has 1 aromatic carbocycles. The number of aromatic amines is 1. The molecule has 2 N–H and O–H groups in total. The summed E-state index contributed by atoms with van der Waals surface area (Å²) in [6.07, 6.45) is 3.87. The van der Waals surface area contributed by atoms with E-state index in [0.29, 0.717) is 29.4 Å². The van der Waals surface area contributed by atoms with Gasteiger partial charge < -0.3 is 14.8 Å². The molecule has 0 fully saturated rings. The molecule has 4 rings (SSSR count). The Labute approximate surface area is 161 Å². The maximum Gasteiger partial charge on any atom is 0.165 e. The molecule has 0 spiro atoms. The van der Waals surface area contributed by atoms with E-state index in [0.717, 1.165) is 28.7 Å². The first kappa shape index (κ1) is 17.5. The molecule has 3 aromatic rings. The Morgan fingerprint density at radius 3 is 3.18 bits per heavy atom. The van der Waals surface area contributed by atoms with Gasteiger partial charge in [0.1, 0.15) is 23.2 Å². The molecule has 0 radical (unpaired) electrons. The van der Waals surface area contributed by atoms with Crippen LogP contribution in [0.1, 0.15) is 29.4 Å². The van der Waals surface area contributed by atoms with E-state index in [9.17, 15) is 0 Å². The second kappa shape index (κ2) is 7.40. The van der Waals surface area contributed by atoms with E-state index >= 15 is 0 Å². The van der Waals surface area contributed by atoms with E-state index < -0.39 is 0 Å². The van der Waals surface area contributed by atoms with Crippen LogP contribution in [-0.2, 0) is 4.74 Å². The number of methoxy groups -OCH3 is 1. The van der Waals surface area contributed by atoms with E-state index in [1.165, 1.54) is 6.20 Å². The molecule has 2 aromatic heterocycles. The molecule has 1 aliphatic heterocycles. The standard InChI is InChI=1S/C20H18N6O2/c1-22-11-18(27-2)19-14-8-13(3-4-15(14)25-26-19)24-16-5-6-28-17-7-12(9-21)10-23-20(16)17/h3-4,7-8,10-11,16,24H,1,5-6H2,2H3,(H,25,26)/b18-11-/t16-/m1/s1. The van der Waals surface area contributed by atoms with Crippen molar-refractivity contribution in [3.63, 3.8) is 0 Å². The zero-order valence-corrected chi connectivity index (χ0v) is 15.3. The third-order valence-corrected chi connectivity index (χ3v) is 4.57. The summed E-state index contributed by atoms with van der Waals surface area (Å²) < 4.78 is 11.0. The second-order valence-electron chi connectivity index (χ2n) is 6.27. The largest absolute Gasteiger partial charge is 0.493 e. The molecule has 0 saturated carbocycles. The number of aliphatic imine (C=N–C) groups is 1. The molecule has 140 valence electrons. The van der Waals surface area contributed by atoms with Gasteiger partial charge in [-0.2, -0.15) is 10.4 Å². The van der Waals surface area contributed by atoms with E-state index in [2.05, 4.69) is 38.3 Å². The highest BCUT2D eigenvalue weighted by molar-refractivity contribution is 5.91. The van der Waals surface area contributed by atoms with Crippen LogP contribution in [0.3, 0.4) is 0 Å². The van der Waals surface area contributed by atoms with Gasteiger partial charge in [0, 0.05) is 29.8 Å². The van der Waals surface area contributed by atoms with Crippen LogP contribution in [0, 0.1) is 11.3 Å². The third kappa shape index (κ3) is 3.14. The fourth-order valence-electron chi connectivity index (χ4n) is 3.24. The van der Waals surface area contributed by atoms with Gasteiger partial charge in [0.25, 0.3) is 0 Å². The van der Waals surface area contributed by atoms with E-state index in [-0.39, 0.29) is 6.04 Å². The SMILES string of the molecule is C=N/C=C(\OC)c1n[nH]c2ccc(N[C@@H]3CCOc4cc(C#N)cnc43)cc12. The van der Waals surface area contributed by atoms with Crippen molar-refractivity contribution >= 4 is 29.1 Å².